The molecular formula is C14H14N2O. The van der Waals surface area contributed by atoms with Gasteiger partial charge in [-0.2, -0.15) is 0 Å². The zero-order valence-electron chi connectivity index (χ0n) is 9.30. The molecule has 0 aromatic heterocycles. The van der Waals surface area contributed by atoms with Crippen molar-refractivity contribution in [1.29, 1.82) is 0 Å². The molecule has 0 aliphatic heterocycles. The fraction of sp³-hybridized carbons (Fsp3) is 0. The van der Waals surface area contributed by atoms with E-state index in [9.17, 15) is 5.11 Å². The van der Waals surface area contributed by atoms with E-state index < -0.39 is 0 Å². The Morgan fingerprint density at radius 1 is 0.824 bits per heavy atom. The maximum atomic E-state index is 9.66. The summed E-state index contributed by atoms with van der Waals surface area (Å²) in [7, 11) is 0. The van der Waals surface area contributed by atoms with Gasteiger partial charge in [-0.1, -0.05) is 24.3 Å². The van der Waals surface area contributed by atoms with E-state index in [0.717, 1.165) is 16.8 Å². The van der Waals surface area contributed by atoms with Crippen molar-refractivity contribution in [3.63, 3.8) is 0 Å². The van der Waals surface area contributed by atoms with E-state index in [0.29, 0.717) is 5.69 Å². The number of phenolic OH excluding ortho intramolecular Hbond substituents is 1. The second-order valence-electron chi connectivity index (χ2n) is 3.82. The molecule has 5 N–H and O–H groups in total. The van der Waals surface area contributed by atoms with Crippen LogP contribution in [-0.4, -0.2) is 5.11 Å². The predicted molar refractivity (Wildman–Crippen MR) is 72.3 cm³/mol. The van der Waals surface area contributed by atoms with Gasteiger partial charge in [0.05, 0.1) is 0 Å². The third-order valence-corrected chi connectivity index (χ3v) is 2.45. The summed E-state index contributed by atoms with van der Waals surface area (Å²) < 4.78 is 0. The molecule has 0 spiro atoms. The van der Waals surface area contributed by atoms with Crippen molar-refractivity contribution in [3.8, 4) is 5.75 Å². The van der Waals surface area contributed by atoms with Crippen molar-refractivity contribution in [2.24, 2.45) is 0 Å². The molecule has 0 heterocycles. The number of hydrogen-bond donors (Lipinski definition) is 3. The Hall–Kier alpha value is -2.42. The van der Waals surface area contributed by atoms with Gasteiger partial charge in [-0.15, -0.1) is 0 Å². The minimum atomic E-state index is 0.177. The van der Waals surface area contributed by atoms with Gasteiger partial charge in [-0.05, 0) is 29.8 Å². The number of phenols is 1. The van der Waals surface area contributed by atoms with Crippen LogP contribution in [0.3, 0.4) is 0 Å². The molecule has 2 aromatic carbocycles. The summed E-state index contributed by atoms with van der Waals surface area (Å²) >= 11 is 0. The van der Waals surface area contributed by atoms with Crippen molar-refractivity contribution in [2.75, 3.05) is 11.5 Å². The van der Waals surface area contributed by atoms with Crippen LogP contribution in [0.5, 0.6) is 5.75 Å². The summed E-state index contributed by atoms with van der Waals surface area (Å²) in [5.41, 5.74) is 14.2. The van der Waals surface area contributed by atoms with Gasteiger partial charge in [0.2, 0.25) is 0 Å². The number of aromatic hydroxyl groups is 1. The van der Waals surface area contributed by atoms with Crippen LogP contribution in [0, 0.1) is 0 Å². The first-order valence-electron chi connectivity index (χ1n) is 5.27. The maximum absolute atomic E-state index is 9.66. The smallest absolute Gasteiger partial charge is 0.124 e. The molecule has 3 heteroatoms. The molecule has 3 nitrogen and oxygen atoms in total. The Morgan fingerprint density at radius 3 is 2.12 bits per heavy atom. The lowest BCUT2D eigenvalue weighted by molar-refractivity contribution is 0.474. The number of nitrogens with two attached hydrogens (primary N) is 2. The highest BCUT2D eigenvalue weighted by Crippen LogP contribution is 2.22. The van der Waals surface area contributed by atoms with Crippen LogP contribution in [0.15, 0.2) is 42.5 Å². The molecule has 17 heavy (non-hydrogen) atoms. The Balaban J connectivity index is 2.23. The summed E-state index contributed by atoms with van der Waals surface area (Å²) in [4.78, 5) is 0. The summed E-state index contributed by atoms with van der Waals surface area (Å²) in [6, 6.07) is 12.6. The molecule has 0 saturated heterocycles. The van der Waals surface area contributed by atoms with E-state index in [-0.39, 0.29) is 5.75 Å². The molecule has 0 bridgehead atoms. The molecular weight excluding hydrogens is 212 g/mol. The summed E-state index contributed by atoms with van der Waals surface area (Å²) in [5, 5.41) is 9.66. The van der Waals surface area contributed by atoms with Gasteiger partial charge in [-0.3, -0.25) is 0 Å². The summed E-state index contributed by atoms with van der Waals surface area (Å²) in [6.45, 7) is 0. The maximum Gasteiger partial charge on any atom is 0.124 e. The molecule has 2 rings (SSSR count). The first-order chi connectivity index (χ1) is 8.15. The molecule has 0 amide bonds. The van der Waals surface area contributed by atoms with E-state index in [1.165, 1.54) is 6.07 Å². The largest absolute Gasteiger partial charge is 0.507 e. The molecule has 0 unspecified atom stereocenters. The van der Waals surface area contributed by atoms with Gasteiger partial charge >= 0.3 is 0 Å². The Labute approximate surface area is 100 Å². The van der Waals surface area contributed by atoms with Gasteiger partial charge in [0, 0.05) is 23.0 Å². The van der Waals surface area contributed by atoms with Crippen LogP contribution >= 0.6 is 0 Å². The highest BCUT2D eigenvalue weighted by atomic mass is 16.3. The van der Waals surface area contributed by atoms with Crippen LogP contribution in [0.1, 0.15) is 11.1 Å². The minimum Gasteiger partial charge on any atom is -0.507 e. The highest BCUT2D eigenvalue weighted by Gasteiger charge is 1.97. The highest BCUT2D eigenvalue weighted by molar-refractivity contribution is 5.74. The predicted octanol–water partition coefficient (Wildman–Crippen LogP) is 2.73. The van der Waals surface area contributed by atoms with E-state index >= 15 is 0 Å². The summed E-state index contributed by atoms with van der Waals surface area (Å²) in [5.74, 6) is 0.177. The number of rotatable bonds is 2. The Bertz CT molecular complexity index is 545. The molecule has 0 aliphatic carbocycles. The lowest BCUT2D eigenvalue weighted by atomic mass is 10.1. The first-order valence-corrected chi connectivity index (χ1v) is 5.27. The van der Waals surface area contributed by atoms with Crippen molar-refractivity contribution in [2.45, 2.75) is 0 Å². The molecule has 0 atom stereocenters. The van der Waals surface area contributed by atoms with E-state index in [1.54, 1.807) is 12.1 Å². The molecule has 0 fully saturated rings. The van der Waals surface area contributed by atoms with Gasteiger partial charge in [0.15, 0.2) is 0 Å². The fourth-order valence-electron chi connectivity index (χ4n) is 1.49. The van der Waals surface area contributed by atoms with E-state index in [2.05, 4.69) is 0 Å². The quantitative estimate of drug-likeness (QED) is 0.544. The topological polar surface area (TPSA) is 72.3 Å². The zero-order chi connectivity index (χ0) is 12.3. The Morgan fingerprint density at radius 2 is 1.47 bits per heavy atom. The standard InChI is InChI=1S/C14H14N2O/c15-12-6-2-10(3-7-12)1-4-11-5-8-13(16)9-14(11)17/h1-9,17H,15-16H2/b4-1+. The van der Waals surface area contributed by atoms with Crippen molar-refractivity contribution in [3.05, 3.63) is 53.6 Å². The molecule has 0 aliphatic rings. The van der Waals surface area contributed by atoms with Gasteiger partial charge in [-0.25, -0.2) is 0 Å². The number of hydrogen-bond acceptors (Lipinski definition) is 3. The van der Waals surface area contributed by atoms with Gasteiger partial charge < -0.3 is 16.6 Å². The number of benzene rings is 2. The first kappa shape index (κ1) is 11.1. The van der Waals surface area contributed by atoms with Crippen LogP contribution in [-0.2, 0) is 0 Å². The van der Waals surface area contributed by atoms with Crippen molar-refractivity contribution in [1.82, 2.24) is 0 Å². The fourth-order valence-corrected chi connectivity index (χ4v) is 1.49. The van der Waals surface area contributed by atoms with Gasteiger partial charge in [0.1, 0.15) is 5.75 Å². The van der Waals surface area contributed by atoms with Crippen LogP contribution in [0.25, 0.3) is 12.2 Å². The zero-order valence-corrected chi connectivity index (χ0v) is 9.30. The normalized spacial score (nSPS) is 10.8. The van der Waals surface area contributed by atoms with Crippen LogP contribution < -0.4 is 11.5 Å². The average Bonchev–Trinajstić information content (AvgIpc) is 2.30. The molecule has 0 saturated carbocycles. The van der Waals surface area contributed by atoms with E-state index in [1.807, 2.05) is 36.4 Å². The van der Waals surface area contributed by atoms with Gasteiger partial charge in [0.25, 0.3) is 0 Å². The second kappa shape index (κ2) is 4.61. The monoisotopic (exact) mass is 226 g/mol. The third kappa shape index (κ3) is 2.78. The second-order valence-corrected chi connectivity index (χ2v) is 3.82. The Kier molecular flexibility index (Phi) is 3.01. The van der Waals surface area contributed by atoms with Crippen molar-refractivity contribution >= 4 is 23.5 Å². The molecule has 2 aromatic rings. The number of anilines is 2. The lowest BCUT2D eigenvalue weighted by Gasteiger charge is -2.00. The average molecular weight is 226 g/mol. The van der Waals surface area contributed by atoms with Crippen molar-refractivity contribution < 1.29 is 5.11 Å². The van der Waals surface area contributed by atoms with Crippen LogP contribution in [0.4, 0.5) is 11.4 Å². The SMILES string of the molecule is Nc1ccc(/C=C/c2ccc(N)cc2O)cc1. The molecule has 86 valence electrons. The minimum absolute atomic E-state index is 0.177. The van der Waals surface area contributed by atoms with Crippen LogP contribution in [0.2, 0.25) is 0 Å². The summed E-state index contributed by atoms with van der Waals surface area (Å²) in [6.07, 6.45) is 3.74. The third-order valence-electron chi connectivity index (χ3n) is 2.45. The van der Waals surface area contributed by atoms with E-state index in [4.69, 9.17) is 11.5 Å². The lowest BCUT2D eigenvalue weighted by Crippen LogP contribution is -1.84. The molecule has 0 radical (unpaired) electrons. The number of nitrogen functional groups attached to an aromatic ring is 2.